The van der Waals surface area contributed by atoms with Crippen molar-refractivity contribution in [3.8, 4) is 5.69 Å². The molecule has 5 nitrogen and oxygen atoms in total. The van der Waals surface area contributed by atoms with Crippen LogP contribution in [0.3, 0.4) is 0 Å². The van der Waals surface area contributed by atoms with Crippen LogP contribution in [0.5, 0.6) is 0 Å². The lowest BCUT2D eigenvalue weighted by Crippen LogP contribution is -2.42. The van der Waals surface area contributed by atoms with Crippen LogP contribution in [-0.4, -0.2) is 37.9 Å². The maximum atomic E-state index is 14.2. The van der Waals surface area contributed by atoms with Crippen LogP contribution >= 0.6 is 11.8 Å². The molecule has 1 aliphatic rings. The molecule has 1 aromatic heterocycles. The van der Waals surface area contributed by atoms with Crippen molar-refractivity contribution in [3.05, 3.63) is 42.0 Å². The Morgan fingerprint density at radius 3 is 2.95 bits per heavy atom. The molecular weight excluding hydrogens is 305 g/mol. The van der Waals surface area contributed by atoms with E-state index in [1.165, 1.54) is 22.5 Å². The van der Waals surface area contributed by atoms with Gasteiger partial charge in [-0.1, -0.05) is 0 Å². The normalized spacial score (nSPS) is 21.0. The molecule has 0 spiro atoms. The number of carbonyl (C=O) groups excluding carboxylic acids is 1. The highest BCUT2D eigenvalue weighted by atomic mass is 32.2. The third-order valence-electron chi connectivity index (χ3n) is 3.59. The first kappa shape index (κ1) is 15.1. The number of aromatic nitrogens is 2. The molecule has 0 radical (unpaired) electrons. The number of benzene rings is 1. The van der Waals surface area contributed by atoms with Crippen molar-refractivity contribution in [2.45, 2.75) is 18.9 Å². The average Bonchev–Trinajstić information content (AvgIpc) is 3.09. The highest BCUT2D eigenvalue weighted by Crippen LogP contribution is 2.29. The lowest BCUT2D eigenvalue weighted by Gasteiger charge is -2.20. The second-order valence-corrected chi connectivity index (χ2v) is 6.52. The third kappa shape index (κ3) is 2.86. The Balaban J connectivity index is 1.79. The van der Waals surface area contributed by atoms with E-state index in [1.807, 2.05) is 6.92 Å². The summed E-state index contributed by atoms with van der Waals surface area (Å²) >= 11 is 1.53. The molecule has 1 aromatic carbocycles. The number of thioether (sulfide) groups is 1. The van der Waals surface area contributed by atoms with Crippen LogP contribution in [0.2, 0.25) is 0 Å². The molecule has 0 bridgehead atoms. The van der Waals surface area contributed by atoms with Crippen LogP contribution in [-0.2, 0) is 4.79 Å². The van der Waals surface area contributed by atoms with Crippen LogP contribution < -0.4 is 5.32 Å². The van der Waals surface area contributed by atoms with E-state index in [2.05, 4.69) is 10.4 Å². The molecule has 1 fully saturated rings. The quantitative estimate of drug-likeness (QED) is 0.909. The molecule has 7 heteroatoms. The molecule has 1 aliphatic heterocycles. The summed E-state index contributed by atoms with van der Waals surface area (Å²) in [5.41, 5.74) is 0.193. The van der Waals surface area contributed by atoms with Gasteiger partial charge in [-0.2, -0.15) is 16.9 Å². The fourth-order valence-corrected chi connectivity index (χ4v) is 3.54. The minimum Gasteiger partial charge on any atom is -0.379 e. The van der Waals surface area contributed by atoms with Crippen molar-refractivity contribution in [2.24, 2.45) is 0 Å². The van der Waals surface area contributed by atoms with Gasteiger partial charge in [-0.05, 0) is 42.9 Å². The second kappa shape index (κ2) is 5.73. The summed E-state index contributed by atoms with van der Waals surface area (Å²) in [6.07, 6.45) is 3.77. The number of anilines is 1. The smallest absolute Gasteiger partial charge is 0.257 e. The van der Waals surface area contributed by atoms with Crippen molar-refractivity contribution < 1.29 is 14.3 Å². The van der Waals surface area contributed by atoms with E-state index in [1.54, 1.807) is 24.5 Å². The van der Waals surface area contributed by atoms with Crippen molar-refractivity contribution in [1.29, 1.82) is 0 Å². The topological polar surface area (TPSA) is 67.2 Å². The summed E-state index contributed by atoms with van der Waals surface area (Å²) < 4.78 is 15.6. The van der Waals surface area contributed by atoms with Gasteiger partial charge in [0.15, 0.2) is 11.4 Å². The number of nitrogens with one attached hydrogen (secondary N) is 1. The van der Waals surface area contributed by atoms with E-state index < -0.39 is 17.3 Å². The number of amides is 1. The molecule has 1 unspecified atom stereocenters. The molecule has 2 aromatic rings. The van der Waals surface area contributed by atoms with Gasteiger partial charge in [0.1, 0.15) is 5.69 Å². The molecule has 2 N–H and O–H groups in total. The Labute approximate surface area is 131 Å². The zero-order valence-electron chi connectivity index (χ0n) is 12.0. The van der Waals surface area contributed by atoms with Crippen LogP contribution in [0.1, 0.15) is 12.0 Å². The van der Waals surface area contributed by atoms with Crippen LogP contribution in [0.15, 0.2) is 30.6 Å². The van der Waals surface area contributed by atoms with Crippen LogP contribution in [0.4, 0.5) is 10.1 Å². The van der Waals surface area contributed by atoms with Crippen molar-refractivity contribution in [1.82, 2.24) is 9.78 Å². The Morgan fingerprint density at radius 1 is 1.55 bits per heavy atom. The Hall–Kier alpha value is -1.86. The van der Waals surface area contributed by atoms with Gasteiger partial charge in [0.25, 0.3) is 5.91 Å². The van der Waals surface area contributed by atoms with Gasteiger partial charge >= 0.3 is 0 Å². The molecule has 1 saturated heterocycles. The predicted molar refractivity (Wildman–Crippen MR) is 83.8 cm³/mol. The molecule has 116 valence electrons. The van der Waals surface area contributed by atoms with E-state index in [4.69, 9.17) is 0 Å². The fraction of sp³-hybridized carbons (Fsp3) is 0.333. The molecule has 22 heavy (non-hydrogen) atoms. The minimum atomic E-state index is -1.36. The van der Waals surface area contributed by atoms with E-state index in [9.17, 15) is 14.3 Å². The molecule has 1 atom stereocenters. The molecular formula is C15H16FN3O2S. The number of aliphatic hydroxyl groups is 1. The summed E-state index contributed by atoms with van der Waals surface area (Å²) in [6, 6.07) is 4.37. The summed E-state index contributed by atoms with van der Waals surface area (Å²) in [5.74, 6) is 0.134. The molecule has 1 amide bonds. The van der Waals surface area contributed by atoms with E-state index in [0.29, 0.717) is 23.5 Å². The van der Waals surface area contributed by atoms with Crippen molar-refractivity contribution in [3.63, 3.8) is 0 Å². The van der Waals surface area contributed by atoms with Gasteiger partial charge in [-0.25, -0.2) is 9.07 Å². The van der Waals surface area contributed by atoms with Crippen LogP contribution in [0.25, 0.3) is 5.69 Å². The molecule has 0 aliphatic carbocycles. The monoisotopic (exact) mass is 321 g/mol. The number of hydrogen-bond acceptors (Lipinski definition) is 4. The Morgan fingerprint density at radius 2 is 2.36 bits per heavy atom. The van der Waals surface area contributed by atoms with Gasteiger partial charge in [-0.15, -0.1) is 0 Å². The maximum Gasteiger partial charge on any atom is 0.257 e. The minimum absolute atomic E-state index is 0.307. The number of aryl methyl sites for hydroxylation is 1. The molecule has 3 rings (SSSR count). The number of rotatable bonds is 3. The third-order valence-corrected chi connectivity index (χ3v) is 4.76. The van der Waals surface area contributed by atoms with Crippen molar-refractivity contribution >= 4 is 23.4 Å². The lowest BCUT2D eigenvalue weighted by molar-refractivity contribution is -0.131. The van der Waals surface area contributed by atoms with E-state index in [0.717, 1.165) is 11.3 Å². The lowest BCUT2D eigenvalue weighted by atomic mass is 10.0. The average molecular weight is 321 g/mol. The molecule has 2 heterocycles. The van der Waals surface area contributed by atoms with Gasteiger partial charge in [0.2, 0.25) is 0 Å². The van der Waals surface area contributed by atoms with Crippen molar-refractivity contribution in [2.75, 3.05) is 16.8 Å². The predicted octanol–water partition coefficient (Wildman–Crippen LogP) is 2.13. The zero-order valence-corrected chi connectivity index (χ0v) is 12.9. The highest BCUT2D eigenvalue weighted by Gasteiger charge is 2.39. The van der Waals surface area contributed by atoms with Gasteiger partial charge in [0, 0.05) is 17.6 Å². The number of halogens is 1. The van der Waals surface area contributed by atoms with E-state index in [-0.39, 0.29) is 0 Å². The first-order valence-corrected chi connectivity index (χ1v) is 8.06. The number of hydrogen-bond donors (Lipinski definition) is 2. The Bertz CT molecular complexity index is 711. The number of nitrogens with zero attached hydrogens (tertiary/aromatic N) is 2. The SMILES string of the molecule is Cc1cnn(-c2ccc(NC(=O)C3(O)CCSC3)cc2F)c1. The number of carbonyl (C=O) groups is 1. The first-order chi connectivity index (χ1) is 10.5. The summed E-state index contributed by atoms with van der Waals surface area (Å²) in [5, 5.41) is 16.8. The zero-order chi connectivity index (χ0) is 15.7. The second-order valence-electron chi connectivity index (χ2n) is 5.42. The Kier molecular flexibility index (Phi) is 3.92. The van der Waals surface area contributed by atoms with Gasteiger partial charge < -0.3 is 10.4 Å². The largest absolute Gasteiger partial charge is 0.379 e. The summed E-state index contributed by atoms with van der Waals surface area (Å²) in [7, 11) is 0. The maximum absolute atomic E-state index is 14.2. The van der Waals surface area contributed by atoms with Crippen LogP contribution in [0, 0.1) is 12.7 Å². The van der Waals surface area contributed by atoms with Gasteiger partial charge in [-0.3, -0.25) is 4.79 Å². The fourth-order valence-electron chi connectivity index (χ4n) is 2.30. The molecule has 0 saturated carbocycles. The first-order valence-electron chi connectivity index (χ1n) is 6.91. The van der Waals surface area contributed by atoms with E-state index >= 15 is 0 Å². The van der Waals surface area contributed by atoms with Gasteiger partial charge in [0.05, 0.1) is 6.20 Å². The standard InChI is InChI=1S/C15H16FN3O2S/c1-10-7-17-19(8-10)13-3-2-11(6-12(13)16)18-14(20)15(21)4-5-22-9-15/h2-3,6-8,21H,4-5,9H2,1H3,(H,18,20). The summed E-state index contributed by atoms with van der Waals surface area (Å²) in [6.45, 7) is 1.87. The highest BCUT2D eigenvalue weighted by molar-refractivity contribution is 7.99. The summed E-state index contributed by atoms with van der Waals surface area (Å²) in [4.78, 5) is 12.1.